The first-order valence-corrected chi connectivity index (χ1v) is 21.9. The monoisotopic (exact) mass is 761 g/mol. The number of amides is 2. The molecule has 4 N–H and O–H groups in total. The average Bonchev–Trinajstić information content (AvgIpc) is 3.15. The Bertz CT molecular complexity index is 1010. The highest BCUT2D eigenvalue weighted by Gasteiger charge is 2.18. The van der Waals surface area contributed by atoms with E-state index in [0.717, 1.165) is 70.6 Å². The number of carboxylic acid groups (broad SMARTS) is 1. The van der Waals surface area contributed by atoms with E-state index in [4.69, 9.17) is 14.9 Å². The molecule has 0 saturated carbocycles. The normalized spacial score (nSPS) is 12.8. The molecule has 9 heteroatoms. The molecule has 2 atom stereocenters. The summed E-state index contributed by atoms with van der Waals surface area (Å²) in [7, 11) is 0. The number of aliphatic carboxylic acids is 1. The fourth-order valence-electron chi connectivity index (χ4n) is 6.18. The number of ether oxygens (including phenoxy) is 1. The molecule has 54 heavy (non-hydrogen) atoms. The summed E-state index contributed by atoms with van der Waals surface area (Å²) in [5, 5.41) is 22.5. The van der Waals surface area contributed by atoms with Crippen molar-refractivity contribution >= 4 is 23.8 Å². The van der Waals surface area contributed by atoms with Crippen molar-refractivity contribution in [1.82, 2.24) is 10.6 Å². The van der Waals surface area contributed by atoms with Crippen LogP contribution in [0.15, 0.2) is 36.5 Å². The van der Waals surface area contributed by atoms with E-state index in [9.17, 15) is 19.2 Å². The van der Waals surface area contributed by atoms with Crippen molar-refractivity contribution in [2.45, 2.75) is 212 Å². The zero-order valence-corrected chi connectivity index (χ0v) is 34.5. The topological polar surface area (TPSA) is 142 Å². The van der Waals surface area contributed by atoms with Gasteiger partial charge in [-0.3, -0.25) is 14.4 Å². The van der Waals surface area contributed by atoms with E-state index >= 15 is 0 Å². The molecule has 2 unspecified atom stereocenters. The standard InChI is InChI=1S/C45H80N2O7/c1-3-5-7-9-11-13-14-15-16-17-18-19-20-21-23-25-27-33-37-44(51)54-40(34-30-26-24-22-12-10-8-6-4-2)35-31-28-29-32-36-42(49)46-38-43(50)47-41(39-48)45(52)53/h13-14,16-17,30,34,40-41,48H,3-12,15,18-29,31-33,35-39H2,1-2H3,(H,46,49)(H,47,50)(H,52,53)/b14-13-,17-16-,34-30-. The number of esters is 1. The molecule has 0 rings (SSSR count). The molecule has 0 bridgehead atoms. The number of carboxylic acids is 1. The molecule has 9 nitrogen and oxygen atoms in total. The van der Waals surface area contributed by atoms with Gasteiger partial charge < -0.3 is 25.6 Å². The van der Waals surface area contributed by atoms with Crippen LogP contribution >= 0.6 is 0 Å². The summed E-state index contributed by atoms with van der Waals surface area (Å²) in [5.74, 6) is -2.40. The van der Waals surface area contributed by atoms with E-state index in [1.807, 2.05) is 0 Å². The van der Waals surface area contributed by atoms with Crippen LogP contribution in [0.4, 0.5) is 0 Å². The summed E-state index contributed by atoms with van der Waals surface area (Å²) in [6, 6.07) is -1.39. The van der Waals surface area contributed by atoms with E-state index in [1.165, 1.54) is 96.3 Å². The smallest absolute Gasteiger partial charge is 0.328 e. The van der Waals surface area contributed by atoms with Crippen LogP contribution in [0.25, 0.3) is 0 Å². The van der Waals surface area contributed by atoms with Gasteiger partial charge in [0, 0.05) is 12.8 Å². The zero-order chi connectivity index (χ0) is 39.7. The highest BCUT2D eigenvalue weighted by Crippen LogP contribution is 2.16. The Hall–Kier alpha value is -2.94. The quantitative estimate of drug-likeness (QED) is 0.0277. The third-order valence-electron chi connectivity index (χ3n) is 9.59. The molecule has 0 aliphatic carbocycles. The minimum absolute atomic E-state index is 0.118. The minimum atomic E-state index is -1.39. The Labute approximate surface area is 329 Å². The Morgan fingerprint density at radius 1 is 0.574 bits per heavy atom. The third-order valence-corrected chi connectivity index (χ3v) is 9.59. The highest BCUT2D eigenvalue weighted by molar-refractivity contribution is 5.87. The summed E-state index contributed by atoms with van der Waals surface area (Å²) < 4.78 is 5.91. The maximum absolute atomic E-state index is 12.7. The second-order valence-electron chi connectivity index (χ2n) is 14.8. The van der Waals surface area contributed by atoms with Gasteiger partial charge in [-0.05, 0) is 76.7 Å². The van der Waals surface area contributed by atoms with Gasteiger partial charge in [-0.2, -0.15) is 0 Å². The molecule has 0 spiro atoms. The molecule has 0 saturated heterocycles. The highest BCUT2D eigenvalue weighted by atomic mass is 16.5. The van der Waals surface area contributed by atoms with Crippen LogP contribution in [-0.4, -0.2) is 59.3 Å². The number of aliphatic hydroxyl groups is 1. The molecular weight excluding hydrogens is 681 g/mol. The van der Waals surface area contributed by atoms with Crippen LogP contribution in [0.1, 0.15) is 200 Å². The van der Waals surface area contributed by atoms with E-state index < -0.39 is 24.5 Å². The molecule has 2 amide bonds. The van der Waals surface area contributed by atoms with Crippen molar-refractivity contribution in [1.29, 1.82) is 0 Å². The molecular formula is C45H80N2O7. The van der Waals surface area contributed by atoms with Crippen LogP contribution in [0, 0.1) is 0 Å². The van der Waals surface area contributed by atoms with Crippen LogP contribution < -0.4 is 10.6 Å². The lowest BCUT2D eigenvalue weighted by atomic mass is 10.1. The van der Waals surface area contributed by atoms with Gasteiger partial charge in [-0.15, -0.1) is 0 Å². The van der Waals surface area contributed by atoms with Gasteiger partial charge in [0.1, 0.15) is 12.1 Å². The average molecular weight is 761 g/mol. The van der Waals surface area contributed by atoms with Crippen molar-refractivity contribution in [2.75, 3.05) is 13.2 Å². The number of rotatable bonds is 39. The predicted molar refractivity (Wildman–Crippen MR) is 222 cm³/mol. The summed E-state index contributed by atoms with van der Waals surface area (Å²) in [5.41, 5.74) is 0. The molecule has 0 aromatic rings. The van der Waals surface area contributed by atoms with Crippen LogP contribution in [0.2, 0.25) is 0 Å². The lowest BCUT2D eigenvalue weighted by Gasteiger charge is -2.15. The van der Waals surface area contributed by atoms with E-state index in [0.29, 0.717) is 12.8 Å². The Morgan fingerprint density at radius 3 is 1.61 bits per heavy atom. The number of allylic oxidation sites excluding steroid dienone is 5. The third kappa shape index (κ3) is 36.1. The number of unbranched alkanes of at least 4 members (excludes halogenated alkanes) is 21. The van der Waals surface area contributed by atoms with Gasteiger partial charge in [-0.1, -0.05) is 147 Å². The number of nitrogens with one attached hydrogen (secondary N) is 2. The second-order valence-corrected chi connectivity index (χ2v) is 14.8. The number of aliphatic hydroxyl groups excluding tert-OH is 1. The van der Waals surface area contributed by atoms with Crippen LogP contribution in [0.3, 0.4) is 0 Å². The predicted octanol–water partition coefficient (Wildman–Crippen LogP) is 10.6. The number of hydrogen-bond acceptors (Lipinski definition) is 6. The number of carbonyl (C=O) groups is 4. The summed E-state index contributed by atoms with van der Waals surface area (Å²) in [6.45, 7) is 3.43. The fraction of sp³-hybridized carbons (Fsp3) is 0.778. The molecule has 0 radical (unpaired) electrons. The van der Waals surface area contributed by atoms with Crippen LogP contribution in [0.5, 0.6) is 0 Å². The molecule has 312 valence electrons. The van der Waals surface area contributed by atoms with Gasteiger partial charge in [0.05, 0.1) is 13.2 Å². The van der Waals surface area contributed by atoms with E-state index in [2.05, 4.69) is 60.9 Å². The van der Waals surface area contributed by atoms with Crippen molar-refractivity contribution in [3.63, 3.8) is 0 Å². The SMILES string of the molecule is CCCCCC/C=C\C/C=C\CCCCCCCCCC(=O)OC(/C=C\CCCCCCCCC)CCCCCCC(=O)NCC(=O)NC(CO)C(=O)O. The van der Waals surface area contributed by atoms with Crippen molar-refractivity contribution in [3.8, 4) is 0 Å². The second kappa shape index (κ2) is 39.7. The van der Waals surface area contributed by atoms with Gasteiger partial charge in [0.25, 0.3) is 0 Å². The Kier molecular flexibility index (Phi) is 37.6. The summed E-state index contributed by atoms with van der Waals surface area (Å²) >= 11 is 0. The van der Waals surface area contributed by atoms with Gasteiger partial charge in [0.15, 0.2) is 0 Å². The van der Waals surface area contributed by atoms with E-state index in [1.54, 1.807) is 0 Å². The Balaban J connectivity index is 4.28. The molecule has 0 aromatic heterocycles. The maximum Gasteiger partial charge on any atom is 0.328 e. The fourth-order valence-corrected chi connectivity index (χ4v) is 6.18. The first-order chi connectivity index (χ1) is 26.3. The molecule has 0 aliphatic rings. The molecule has 0 aromatic carbocycles. The van der Waals surface area contributed by atoms with Gasteiger partial charge in [0.2, 0.25) is 11.8 Å². The zero-order valence-electron chi connectivity index (χ0n) is 34.5. The van der Waals surface area contributed by atoms with Gasteiger partial charge >= 0.3 is 11.9 Å². The Morgan fingerprint density at radius 2 is 1.06 bits per heavy atom. The first-order valence-electron chi connectivity index (χ1n) is 21.9. The summed E-state index contributed by atoms with van der Waals surface area (Å²) in [4.78, 5) is 47.5. The summed E-state index contributed by atoms with van der Waals surface area (Å²) in [6.07, 6.45) is 44.7. The first kappa shape index (κ1) is 51.1. The lowest BCUT2D eigenvalue weighted by Crippen LogP contribution is -2.47. The van der Waals surface area contributed by atoms with Crippen molar-refractivity contribution in [2.24, 2.45) is 0 Å². The lowest BCUT2D eigenvalue weighted by molar-refractivity contribution is -0.147. The molecule has 0 fully saturated rings. The number of carbonyl (C=O) groups excluding carboxylic acids is 3. The number of hydrogen-bond donors (Lipinski definition) is 4. The van der Waals surface area contributed by atoms with Gasteiger partial charge in [-0.25, -0.2) is 4.79 Å². The minimum Gasteiger partial charge on any atom is -0.480 e. The van der Waals surface area contributed by atoms with Crippen LogP contribution in [-0.2, 0) is 23.9 Å². The van der Waals surface area contributed by atoms with Crippen molar-refractivity contribution < 1.29 is 34.1 Å². The maximum atomic E-state index is 12.7. The largest absolute Gasteiger partial charge is 0.480 e. The van der Waals surface area contributed by atoms with Crippen molar-refractivity contribution in [3.05, 3.63) is 36.5 Å². The molecule has 0 aliphatic heterocycles. The van der Waals surface area contributed by atoms with E-state index in [-0.39, 0.29) is 30.9 Å². The molecule has 0 heterocycles.